The number of amides is 1. The summed E-state index contributed by atoms with van der Waals surface area (Å²) in [6, 6.07) is 11.5. The van der Waals surface area contributed by atoms with Crippen LogP contribution in [-0.2, 0) is 19.4 Å². The molecule has 0 spiro atoms. The number of nitrogens with one attached hydrogen (secondary N) is 1. The monoisotopic (exact) mass is 461 g/mol. The molecule has 1 aliphatic heterocycles. The normalized spacial score (nSPS) is 20.3. The number of hydrogen-bond acceptors (Lipinski definition) is 6. The minimum absolute atomic E-state index is 0.0457. The van der Waals surface area contributed by atoms with Crippen LogP contribution in [0.5, 0.6) is 11.5 Å². The van der Waals surface area contributed by atoms with Gasteiger partial charge in [-0.15, -0.1) is 0 Å². The van der Waals surface area contributed by atoms with Gasteiger partial charge in [-0.1, -0.05) is 30.3 Å². The highest BCUT2D eigenvalue weighted by Crippen LogP contribution is 2.39. The molecule has 9 heteroatoms. The molecule has 2 aromatic rings. The van der Waals surface area contributed by atoms with E-state index >= 15 is 0 Å². The highest BCUT2D eigenvalue weighted by atomic mass is 32.2. The second-order valence-electron chi connectivity index (χ2n) is 7.94. The SMILES string of the molecule is COc1cccc(OC)c1-c1ccc(C(CC(=O)O)NC(=O)C2(C)CCCS2(=O)=O)cc1. The van der Waals surface area contributed by atoms with Gasteiger partial charge in [0.25, 0.3) is 0 Å². The van der Waals surface area contributed by atoms with Gasteiger partial charge in [0.15, 0.2) is 9.84 Å². The quantitative estimate of drug-likeness (QED) is 0.620. The van der Waals surface area contributed by atoms with Gasteiger partial charge in [-0.3, -0.25) is 9.59 Å². The Labute approximate surface area is 187 Å². The van der Waals surface area contributed by atoms with Crippen molar-refractivity contribution in [3.8, 4) is 22.6 Å². The zero-order chi connectivity index (χ0) is 23.5. The first kappa shape index (κ1) is 23.6. The Kier molecular flexibility index (Phi) is 6.78. The molecule has 32 heavy (non-hydrogen) atoms. The summed E-state index contributed by atoms with van der Waals surface area (Å²) in [6.07, 6.45) is 0.248. The van der Waals surface area contributed by atoms with Gasteiger partial charge in [-0.05, 0) is 43.0 Å². The van der Waals surface area contributed by atoms with Crippen molar-refractivity contribution in [1.82, 2.24) is 5.32 Å². The summed E-state index contributed by atoms with van der Waals surface area (Å²) in [5.74, 6) is -0.587. The van der Waals surface area contributed by atoms with Crippen molar-refractivity contribution < 1.29 is 32.6 Å². The van der Waals surface area contributed by atoms with Crippen LogP contribution in [0.4, 0.5) is 0 Å². The predicted octanol–water partition coefficient (Wildman–Crippen LogP) is 2.97. The number of carbonyl (C=O) groups is 2. The minimum Gasteiger partial charge on any atom is -0.496 e. The molecule has 2 N–H and O–H groups in total. The number of ether oxygens (including phenoxy) is 2. The summed E-state index contributed by atoms with van der Waals surface area (Å²) in [6.45, 7) is 1.40. The van der Waals surface area contributed by atoms with Gasteiger partial charge in [-0.25, -0.2) is 8.42 Å². The van der Waals surface area contributed by atoms with E-state index in [9.17, 15) is 23.1 Å². The van der Waals surface area contributed by atoms with E-state index in [0.29, 0.717) is 23.5 Å². The van der Waals surface area contributed by atoms with Gasteiger partial charge in [-0.2, -0.15) is 0 Å². The highest BCUT2D eigenvalue weighted by molar-refractivity contribution is 7.93. The molecule has 0 bridgehead atoms. The number of carbonyl (C=O) groups excluding carboxylic acids is 1. The third kappa shape index (κ3) is 4.43. The molecule has 0 aromatic heterocycles. The lowest BCUT2D eigenvalue weighted by Gasteiger charge is -2.26. The number of hydrogen-bond donors (Lipinski definition) is 2. The highest BCUT2D eigenvalue weighted by Gasteiger charge is 2.50. The lowest BCUT2D eigenvalue weighted by Crippen LogP contribution is -2.49. The first-order chi connectivity index (χ1) is 15.1. The molecule has 0 aliphatic carbocycles. The van der Waals surface area contributed by atoms with E-state index in [4.69, 9.17) is 9.47 Å². The smallest absolute Gasteiger partial charge is 0.305 e. The molecule has 1 saturated heterocycles. The average Bonchev–Trinajstić information content (AvgIpc) is 3.05. The Hall–Kier alpha value is -3.07. The van der Waals surface area contributed by atoms with Crippen LogP contribution in [0, 0.1) is 0 Å². The summed E-state index contributed by atoms with van der Waals surface area (Å²) in [5, 5.41) is 12.0. The predicted molar refractivity (Wildman–Crippen MR) is 120 cm³/mol. The standard InChI is InChI=1S/C23H27NO7S/c1-23(12-5-13-32(23,28)29)22(27)24-17(14-20(25)26)15-8-10-16(11-9-15)21-18(30-2)6-4-7-19(21)31-3/h4,6-11,17H,5,12-14H2,1-3H3,(H,24,27)(H,25,26). The number of aliphatic carboxylic acids is 1. The van der Waals surface area contributed by atoms with Crippen molar-refractivity contribution in [3.05, 3.63) is 48.0 Å². The number of carboxylic acids is 1. The summed E-state index contributed by atoms with van der Waals surface area (Å²) in [5.41, 5.74) is 2.08. The fourth-order valence-corrected chi connectivity index (χ4v) is 5.76. The molecular weight excluding hydrogens is 434 g/mol. The van der Waals surface area contributed by atoms with Crippen LogP contribution in [0.15, 0.2) is 42.5 Å². The molecule has 2 unspecified atom stereocenters. The van der Waals surface area contributed by atoms with E-state index in [0.717, 1.165) is 11.1 Å². The molecule has 8 nitrogen and oxygen atoms in total. The van der Waals surface area contributed by atoms with Crippen molar-refractivity contribution in [2.45, 2.75) is 37.0 Å². The van der Waals surface area contributed by atoms with Crippen LogP contribution >= 0.6 is 0 Å². The first-order valence-electron chi connectivity index (χ1n) is 10.2. The summed E-state index contributed by atoms with van der Waals surface area (Å²) < 4.78 is 34.1. The second-order valence-corrected chi connectivity index (χ2v) is 10.5. The van der Waals surface area contributed by atoms with E-state index < -0.39 is 32.5 Å². The fraction of sp³-hybridized carbons (Fsp3) is 0.391. The first-order valence-corrected chi connectivity index (χ1v) is 11.8. The molecule has 2 atom stereocenters. The van der Waals surface area contributed by atoms with Crippen molar-refractivity contribution in [2.75, 3.05) is 20.0 Å². The molecule has 1 heterocycles. The van der Waals surface area contributed by atoms with Crippen LogP contribution < -0.4 is 14.8 Å². The number of carboxylic acid groups (broad SMARTS) is 1. The molecule has 1 aliphatic rings. The number of benzene rings is 2. The van der Waals surface area contributed by atoms with Gasteiger partial charge >= 0.3 is 5.97 Å². The topological polar surface area (TPSA) is 119 Å². The van der Waals surface area contributed by atoms with E-state index in [-0.39, 0.29) is 18.6 Å². The van der Waals surface area contributed by atoms with Gasteiger partial charge in [0.1, 0.15) is 16.2 Å². The zero-order valence-corrected chi connectivity index (χ0v) is 19.1. The lowest BCUT2D eigenvalue weighted by atomic mass is 9.97. The van der Waals surface area contributed by atoms with Crippen molar-refractivity contribution in [2.24, 2.45) is 0 Å². The van der Waals surface area contributed by atoms with Crippen LogP contribution in [0.25, 0.3) is 11.1 Å². The zero-order valence-electron chi connectivity index (χ0n) is 18.3. The van der Waals surface area contributed by atoms with Crippen LogP contribution in [0.3, 0.4) is 0 Å². The van der Waals surface area contributed by atoms with Crippen molar-refractivity contribution in [1.29, 1.82) is 0 Å². The molecule has 1 amide bonds. The fourth-order valence-electron chi connectivity index (χ4n) is 3.99. The molecule has 0 saturated carbocycles. The third-order valence-corrected chi connectivity index (χ3v) is 8.54. The van der Waals surface area contributed by atoms with E-state index in [1.54, 1.807) is 38.5 Å². The second kappa shape index (κ2) is 9.20. The van der Waals surface area contributed by atoms with Crippen molar-refractivity contribution >= 4 is 21.7 Å². The van der Waals surface area contributed by atoms with Crippen LogP contribution in [0.1, 0.15) is 37.8 Å². The van der Waals surface area contributed by atoms with E-state index in [1.807, 2.05) is 18.2 Å². The van der Waals surface area contributed by atoms with Crippen LogP contribution in [-0.4, -0.2) is 50.1 Å². The van der Waals surface area contributed by atoms with E-state index in [1.165, 1.54) is 6.92 Å². The number of rotatable bonds is 8. The molecule has 1 fully saturated rings. The Morgan fingerprint density at radius 1 is 1.09 bits per heavy atom. The largest absolute Gasteiger partial charge is 0.496 e. The molecule has 2 aromatic carbocycles. The molecular formula is C23H27NO7S. The average molecular weight is 462 g/mol. The molecule has 0 radical (unpaired) electrons. The summed E-state index contributed by atoms with van der Waals surface area (Å²) in [7, 11) is -0.471. The third-order valence-electron chi connectivity index (χ3n) is 5.95. The Bertz CT molecular complexity index is 1090. The Morgan fingerprint density at radius 2 is 1.69 bits per heavy atom. The maximum atomic E-state index is 12.9. The summed E-state index contributed by atoms with van der Waals surface area (Å²) >= 11 is 0. The maximum Gasteiger partial charge on any atom is 0.305 e. The van der Waals surface area contributed by atoms with Gasteiger partial charge < -0.3 is 19.9 Å². The maximum absolute atomic E-state index is 12.9. The minimum atomic E-state index is -3.59. The summed E-state index contributed by atoms with van der Waals surface area (Å²) in [4.78, 5) is 24.3. The lowest BCUT2D eigenvalue weighted by molar-refractivity contribution is -0.137. The Balaban J connectivity index is 1.92. The van der Waals surface area contributed by atoms with Gasteiger partial charge in [0.2, 0.25) is 5.91 Å². The number of sulfone groups is 1. The Morgan fingerprint density at radius 3 is 2.16 bits per heavy atom. The molecule has 3 rings (SSSR count). The van der Waals surface area contributed by atoms with Gasteiger partial charge in [0.05, 0.1) is 38.0 Å². The van der Waals surface area contributed by atoms with Gasteiger partial charge in [0, 0.05) is 0 Å². The van der Waals surface area contributed by atoms with E-state index in [2.05, 4.69) is 5.32 Å². The van der Waals surface area contributed by atoms with Crippen molar-refractivity contribution in [3.63, 3.8) is 0 Å². The number of methoxy groups -OCH3 is 2. The molecule has 172 valence electrons. The van der Waals surface area contributed by atoms with Crippen LogP contribution in [0.2, 0.25) is 0 Å².